The second kappa shape index (κ2) is 10.3. The van der Waals surface area contributed by atoms with Crippen LogP contribution >= 0.6 is 0 Å². The van der Waals surface area contributed by atoms with Crippen molar-refractivity contribution in [3.8, 4) is 5.75 Å². The summed E-state index contributed by atoms with van der Waals surface area (Å²) in [6, 6.07) is 12.1. The van der Waals surface area contributed by atoms with Gasteiger partial charge in [0.2, 0.25) is 10.0 Å². The summed E-state index contributed by atoms with van der Waals surface area (Å²) < 4.78 is 32.6. The van der Waals surface area contributed by atoms with Gasteiger partial charge in [0.25, 0.3) is 5.91 Å². The molecule has 0 radical (unpaired) electrons. The van der Waals surface area contributed by atoms with Crippen molar-refractivity contribution in [3.05, 3.63) is 59.2 Å². The molecule has 6 nitrogen and oxygen atoms in total. The van der Waals surface area contributed by atoms with E-state index in [0.29, 0.717) is 16.9 Å². The van der Waals surface area contributed by atoms with Gasteiger partial charge < -0.3 is 10.1 Å². The number of methoxy groups -OCH3 is 1. The highest BCUT2D eigenvalue weighted by atomic mass is 32.2. The highest BCUT2D eigenvalue weighted by molar-refractivity contribution is 7.89. The summed E-state index contributed by atoms with van der Waals surface area (Å²) in [4.78, 5) is 13.1. The van der Waals surface area contributed by atoms with E-state index in [2.05, 4.69) is 5.32 Å². The van der Waals surface area contributed by atoms with E-state index in [1.165, 1.54) is 24.2 Å². The minimum absolute atomic E-state index is 0.101. The minimum Gasteiger partial charge on any atom is -0.496 e. The molecular formula is C24H32N2O4S. The van der Waals surface area contributed by atoms with E-state index in [1.807, 2.05) is 6.92 Å². The molecule has 1 fully saturated rings. The molecule has 0 spiro atoms. The Labute approximate surface area is 185 Å². The number of carbonyl (C=O) groups excluding carboxylic acids is 1. The summed E-state index contributed by atoms with van der Waals surface area (Å²) in [5.74, 6) is 0.428. The van der Waals surface area contributed by atoms with E-state index in [0.717, 1.165) is 31.2 Å². The first-order valence-electron chi connectivity index (χ1n) is 10.8. The zero-order valence-corrected chi connectivity index (χ0v) is 19.4. The molecule has 1 aliphatic rings. The normalized spacial score (nSPS) is 15.5. The first-order valence-corrected chi connectivity index (χ1v) is 12.3. The van der Waals surface area contributed by atoms with Gasteiger partial charge in [-0.25, -0.2) is 8.42 Å². The van der Waals surface area contributed by atoms with Crippen molar-refractivity contribution in [2.75, 3.05) is 14.2 Å². The first-order chi connectivity index (χ1) is 14.8. The number of aryl methyl sites for hydroxylation is 1. The van der Waals surface area contributed by atoms with Gasteiger partial charge in [0.1, 0.15) is 5.75 Å². The third-order valence-electron chi connectivity index (χ3n) is 5.86. The SMILES string of the molecule is COc1ccc(C(=O)NC2CCCCCC2)cc1CN(C)S(=O)(=O)c1ccc(C)cc1. The summed E-state index contributed by atoms with van der Waals surface area (Å²) in [7, 11) is -0.587. The lowest BCUT2D eigenvalue weighted by Crippen LogP contribution is -2.34. The Morgan fingerprint density at radius 2 is 1.71 bits per heavy atom. The largest absolute Gasteiger partial charge is 0.496 e. The summed E-state index contributed by atoms with van der Waals surface area (Å²) >= 11 is 0. The average Bonchev–Trinajstić information content (AvgIpc) is 3.02. The van der Waals surface area contributed by atoms with Crippen molar-refractivity contribution in [2.45, 2.75) is 62.9 Å². The van der Waals surface area contributed by atoms with Crippen molar-refractivity contribution in [1.82, 2.24) is 9.62 Å². The van der Waals surface area contributed by atoms with Crippen molar-refractivity contribution >= 4 is 15.9 Å². The maximum atomic E-state index is 13.0. The zero-order valence-electron chi connectivity index (χ0n) is 18.6. The van der Waals surface area contributed by atoms with Crippen LogP contribution in [0.15, 0.2) is 47.4 Å². The highest BCUT2D eigenvalue weighted by Gasteiger charge is 2.23. The Kier molecular flexibility index (Phi) is 7.73. The first kappa shape index (κ1) is 23.3. The van der Waals surface area contributed by atoms with Gasteiger partial charge in [0.05, 0.1) is 12.0 Å². The predicted molar refractivity (Wildman–Crippen MR) is 122 cm³/mol. The molecule has 0 aromatic heterocycles. The van der Waals surface area contributed by atoms with Crippen LogP contribution in [0.4, 0.5) is 0 Å². The maximum Gasteiger partial charge on any atom is 0.251 e. The molecule has 168 valence electrons. The summed E-state index contributed by atoms with van der Waals surface area (Å²) in [6.45, 7) is 2.01. The number of sulfonamides is 1. The van der Waals surface area contributed by atoms with Crippen LogP contribution in [0.25, 0.3) is 0 Å². The smallest absolute Gasteiger partial charge is 0.251 e. The van der Waals surface area contributed by atoms with Crippen LogP contribution in [0, 0.1) is 6.92 Å². The van der Waals surface area contributed by atoms with E-state index in [1.54, 1.807) is 49.6 Å². The Balaban J connectivity index is 1.78. The van der Waals surface area contributed by atoms with Crippen LogP contribution < -0.4 is 10.1 Å². The summed E-state index contributed by atoms with van der Waals surface area (Å²) in [6.07, 6.45) is 6.74. The number of hydrogen-bond acceptors (Lipinski definition) is 4. The molecule has 0 unspecified atom stereocenters. The predicted octanol–water partition coefficient (Wildman–Crippen LogP) is 4.28. The lowest BCUT2D eigenvalue weighted by atomic mass is 10.1. The van der Waals surface area contributed by atoms with Crippen molar-refractivity contribution in [1.29, 1.82) is 0 Å². The van der Waals surface area contributed by atoms with Gasteiger partial charge in [-0.1, -0.05) is 43.4 Å². The van der Waals surface area contributed by atoms with Crippen molar-refractivity contribution < 1.29 is 17.9 Å². The van der Waals surface area contributed by atoms with Gasteiger partial charge in [-0.15, -0.1) is 0 Å². The average molecular weight is 445 g/mol. The molecule has 1 saturated carbocycles. The van der Waals surface area contributed by atoms with Crippen molar-refractivity contribution in [3.63, 3.8) is 0 Å². The maximum absolute atomic E-state index is 13.0. The molecule has 2 aromatic rings. The number of benzene rings is 2. The second-order valence-corrected chi connectivity index (χ2v) is 10.3. The van der Waals surface area contributed by atoms with Crippen LogP contribution in [0.1, 0.15) is 60.0 Å². The molecule has 3 rings (SSSR count). The standard InChI is InChI=1S/C24H32N2O4S/c1-18-10-13-22(14-11-18)31(28,29)26(2)17-20-16-19(12-15-23(20)30-3)24(27)25-21-8-6-4-5-7-9-21/h10-16,21H,4-9,17H2,1-3H3,(H,25,27). The van der Waals surface area contributed by atoms with Crippen molar-refractivity contribution in [2.24, 2.45) is 0 Å². The molecular weight excluding hydrogens is 412 g/mol. The number of hydrogen-bond donors (Lipinski definition) is 1. The van der Waals surface area contributed by atoms with E-state index >= 15 is 0 Å². The van der Waals surface area contributed by atoms with Crippen LogP contribution in [-0.4, -0.2) is 38.8 Å². The Morgan fingerprint density at radius 3 is 2.32 bits per heavy atom. The molecule has 2 aromatic carbocycles. The van der Waals surface area contributed by atoms with Gasteiger partial charge in [-0.2, -0.15) is 4.31 Å². The summed E-state index contributed by atoms with van der Waals surface area (Å²) in [5, 5.41) is 3.14. The minimum atomic E-state index is -3.66. The Hall–Kier alpha value is -2.38. The number of carbonyl (C=O) groups is 1. The quantitative estimate of drug-likeness (QED) is 0.647. The fraction of sp³-hybridized carbons (Fsp3) is 0.458. The third kappa shape index (κ3) is 5.86. The number of ether oxygens (including phenoxy) is 1. The molecule has 0 aliphatic heterocycles. The molecule has 0 heterocycles. The number of nitrogens with one attached hydrogen (secondary N) is 1. The number of amides is 1. The molecule has 1 aliphatic carbocycles. The molecule has 0 atom stereocenters. The molecule has 1 N–H and O–H groups in total. The van der Waals surface area contributed by atoms with E-state index < -0.39 is 10.0 Å². The number of nitrogens with zero attached hydrogens (tertiary/aromatic N) is 1. The lowest BCUT2D eigenvalue weighted by Gasteiger charge is -2.20. The van der Waals surface area contributed by atoms with Crippen LogP contribution in [0.5, 0.6) is 5.75 Å². The molecule has 7 heteroatoms. The lowest BCUT2D eigenvalue weighted by molar-refractivity contribution is 0.0933. The topological polar surface area (TPSA) is 75.7 Å². The third-order valence-corrected chi connectivity index (χ3v) is 7.67. The van der Waals surface area contributed by atoms with Gasteiger partial charge in [-0.05, 0) is 50.1 Å². The van der Waals surface area contributed by atoms with Gasteiger partial charge in [0.15, 0.2) is 0 Å². The second-order valence-electron chi connectivity index (χ2n) is 8.26. The van der Waals surface area contributed by atoms with Crippen LogP contribution in [0.3, 0.4) is 0 Å². The van der Waals surface area contributed by atoms with Crippen LogP contribution in [-0.2, 0) is 16.6 Å². The molecule has 31 heavy (non-hydrogen) atoms. The fourth-order valence-electron chi connectivity index (χ4n) is 3.95. The Morgan fingerprint density at radius 1 is 1.06 bits per heavy atom. The van der Waals surface area contributed by atoms with E-state index in [4.69, 9.17) is 4.74 Å². The van der Waals surface area contributed by atoms with E-state index in [-0.39, 0.29) is 23.4 Å². The van der Waals surface area contributed by atoms with E-state index in [9.17, 15) is 13.2 Å². The zero-order chi connectivity index (χ0) is 22.4. The fourth-order valence-corrected chi connectivity index (χ4v) is 5.10. The summed E-state index contributed by atoms with van der Waals surface area (Å²) in [5.41, 5.74) is 2.16. The monoisotopic (exact) mass is 444 g/mol. The van der Waals surface area contributed by atoms with Crippen LogP contribution in [0.2, 0.25) is 0 Å². The molecule has 0 bridgehead atoms. The molecule has 0 saturated heterocycles. The molecule has 1 amide bonds. The highest BCUT2D eigenvalue weighted by Crippen LogP contribution is 2.25. The van der Waals surface area contributed by atoms with Gasteiger partial charge in [-0.3, -0.25) is 4.79 Å². The number of rotatable bonds is 7. The van der Waals surface area contributed by atoms with Gasteiger partial charge in [0, 0.05) is 30.8 Å². The van der Waals surface area contributed by atoms with Gasteiger partial charge >= 0.3 is 0 Å². The Bertz CT molecular complexity index is 995.